The summed E-state index contributed by atoms with van der Waals surface area (Å²) in [6, 6.07) is 0. The highest BCUT2D eigenvalue weighted by atomic mass is 16.1. The van der Waals surface area contributed by atoms with E-state index in [4.69, 9.17) is 5.73 Å². The Morgan fingerprint density at radius 3 is 2.44 bits per heavy atom. The number of nitrogens with two attached hydrogens (primary N) is 1. The van der Waals surface area contributed by atoms with Crippen LogP contribution in [0, 0.1) is 5.92 Å². The quantitative estimate of drug-likeness (QED) is 0.520. The summed E-state index contributed by atoms with van der Waals surface area (Å²) < 4.78 is 0. The number of rotatable bonds is 0. The van der Waals surface area contributed by atoms with Gasteiger partial charge in [0, 0.05) is 6.42 Å². The maximum atomic E-state index is 11.0. The largest absolute Gasteiger partial charge is 0.319 e. The van der Waals surface area contributed by atoms with E-state index in [2.05, 4.69) is 0 Å². The summed E-state index contributed by atoms with van der Waals surface area (Å²) in [7, 11) is 0. The molecule has 9 heavy (non-hydrogen) atoms. The summed E-state index contributed by atoms with van der Waals surface area (Å²) >= 11 is 0. The van der Waals surface area contributed by atoms with Crippen molar-refractivity contribution in [3.63, 3.8) is 0 Å². The van der Waals surface area contributed by atoms with Crippen molar-refractivity contribution in [1.29, 1.82) is 0 Å². The molecule has 0 aromatic carbocycles. The van der Waals surface area contributed by atoms with Crippen LogP contribution in [0.15, 0.2) is 0 Å². The van der Waals surface area contributed by atoms with Crippen LogP contribution < -0.4 is 5.73 Å². The van der Waals surface area contributed by atoms with E-state index >= 15 is 0 Å². The zero-order valence-electron chi connectivity index (χ0n) is 5.98. The summed E-state index contributed by atoms with van der Waals surface area (Å²) in [5, 5.41) is 0. The highest BCUT2D eigenvalue weighted by Crippen LogP contribution is 2.29. The SMILES string of the molecule is CC1CCC(=O)C1(C)N. The Labute approximate surface area is 55.4 Å². The average molecular weight is 127 g/mol. The second-order valence-corrected chi connectivity index (χ2v) is 3.15. The normalized spacial score (nSPS) is 43.9. The van der Waals surface area contributed by atoms with Crippen LogP contribution in [0.4, 0.5) is 0 Å². The van der Waals surface area contributed by atoms with Gasteiger partial charge in [0.05, 0.1) is 5.54 Å². The maximum Gasteiger partial charge on any atom is 0.152 e. The van der Waals surface area contributed by atoms with E-state index in [-0.39, 0.29) is 5.78 Å². The first kappa shape index (κ1) is 6.75. The van der Waals surface area contributed by atoms with Gasteiger partial charge in [0.2, 0.25) is 0 Å². The van der Waals surface area contributed by atoms with Crippen molar-refractivity contribution in [2.24, 2.45) is 11.7 Å². The Morgan fingerprint density at radius 2 is 2.33 bits per heavy atom. The lowest BCUT2D eigenvalue weighted by atomic mass is 9.91. The Hall–Kier alpha value is -0.370. The predicted molar refractivity (Wildman–Crippen MR) is 36.0 cm³/mol. The van der Waals surface area contributed by atoms with Gasteiger partial charge >= 0.3 is 0 Å². The van der Waals surface area contributed by atoms with Crippen LogP contribution in [0.3, 0.4) is 0 Å². The molecule has 0 aromatic heterocycles. The molecule has 52 valence electrons. The molecule has 0 spiro atoms. The highest BCUT2D eigenvalue weighted by Gasteiger charge is 2.39. The van der Waals surface area contributed by atoms with Gasteiger partial charge < -0.3 is 5.73 Å². The fourth-order valence-electron chi connectivity index (χ4n) is 1.19. The first-order valence-corrected chi connectivity index (χ1v) is 3.37. The molecule has 1 aliphatic rings. The Balaban J connectivity index is 2.78. The van der Waals surface area contributed by atoms with Gasteiger partial charge in [-0.2, -0.15) is 0 Å². The summed E-state index contributed by atoms with van der Waals surface area (Å²) in [4.78, 5) is 11.0. The van der Waals surface area contributed by atoms with E-state index in [1.807, 2.05) is 13.8 Å². The molecule has 1 saturated carbocycles. The average Bonchev–Trinajstić information content (AvgIpc) is 1.96. The molecule has 0 aliphatic heterocycles. The van der Waals surface area contributed by atoms with E-state index in [1.54, 1.807) is 0 Å². The molecular formula is C7H13NO. The standard InChI is InChI=1S/C7H13NO/c1-5-3-4-6(9)7(5,2)8/h5H,3-4,8H2,1-2H3. The molecule has 0 bridgehead atoms. The minimum Gasteiger partial charge on any atom is -0.319 e. The Morgan fingerprint density at radius 1 is 1.78 bits per heavy atom. The van der Waals surface area contributed by atoms with Gasteiger partial charge in [-0.15, -0.1) is 0 Å². The molecule has 1 rings (SSSR count). The van der Waals surface area contributed by atoms with Crippen LogP contribution in [0.5, 0.6) is 0 Å². The third-order valence-electron chi connectivity index (χ3n) is 2.43. The van der Waals surface area contributed by atoms with E-state index in [0.29, 0.717) is 12.3 Å². The molecule has 2 unspecified atom stereocenters. The van der Waals surface area contributed by atoms with Crippen molar-refractivity contribution < 1.29 is 4.79 Å². The van der Waals surface area contributed by atoms with Gasteiger partial charge in [-0.05, 0) is 19.3 Å². The zero-order valence-corrected chi connectivity index (χ0v) is 5.98. The smallest absolute Gasteiger partial charge is 0.152 e. The van der Waals surface area contributed by atoms with Crippen molar-refractivity contribution in [3.05, 3.63) is 0 Å². The number of Topliss-reactive ketones (excluding diaryl/α,β-unsaturated/α-hetero) is 1. The number of hydrogen-bond acceptors (Lipinski definition) is 2. The van der Waals surface area contributed by atoms with Crippen LogP contribution in [0.25, 0.3) is 0 Å². The fraction of sp³-hybridized carbons (Fsp3) is 0.857. The zero-order chi connectivity index (χ0) is 7.07. The minimum absolute atomic E-state index is 0.218. The predicted octanol–water partition coefficient (Wildman–Crippen LogP) is 0.703. The van der Waals surface area contributed by atoms with Crippen LogP contribution in [-0.4, -0.2) is 11.3 Å². The minimum atomic E-state index is -0.528. The van der Waals surface area contributed by atoms with Gasteiger partial charge in [0.15, 0.2) is 5.78 Å². The van der Waals surface area contributed by atoms with Gasteiger partial charge in [-0.25, -0.2) is 0 Å². The van der Waals surface area contributed by atoms with E-state index in [1.165, 1.54) is 0 Å². The third-order valence-corrected chi connectivity index (χ3v) is 2.43. The molecule has 0 radical (unpaired) electrons. The molecule has 1 aliphatic carbocycles. The Bertz CT molecular complexity index is 140. The molecule has 0 heterocycles. The molecular weight excluding hydrogens is 114 g/mol. The summed E-state index contributed by atoms with van der Waals surface area (Å²) in [5.74, 6) is 0.583. The van der Waals surface area contributed by atoms with Crippen LogP contribution in [-0.2, 0) is 4.79 Å². The number of carbonyl (C=O) groups excluding carboxylic acids is 1. The molecule has 2 nitrogen and oxygen atoms in total. The topological polar surface area (TPSA) is 43.1 Å². The second-order valence-electron chi connectivity index (χ2n) is 3.15. The lowest BCUT2D eigenvalue weighted by molar-refractivity contribution is -0.121. The monoisotopic (exact) mass is 127 g/mol. The number of carbonyl (C=O) groups is 1. The van der Waals surface area contributed by atoms with Gasteiger partial charge in [0.1, 0.15) is 0 Å². The number of ketones is 1. The van der Waals surface area contributed by atoms with Crippen LogP contribution in [0.1, 0.15) is 26.7 Å². The highest BCUT2D eigenvalue weighted by molar-refractivity contribution is 5.90. The molecule has 0 amide bonds. The summed E-state index contributed by atoms with van der Waals surface area (Å²) in [6.07, 6.45) is 1.64. The van der Waals surface area contributed by atoms with Crippen molar-refractivity contribution in [1.82, 2.24) is 0 Å². The van der Waals surface area contributed by atoms with Crippen molar-refractivity contribution in [2.75, 3.05) is 0 Å². The van der Waals surface area contributed by atoms with Crippen molar-refractivity contribution in [2.45, 2.75) is 32.2 Å². The van der Waals surface area contributed by atoms with Gasteiger partial charge in [-0.3, -0.25) is 4.79 Å². The van der Waals surface area contributed by atoms with Crippen molar-refractivity contribution in [3.8, 4) is 0 Å². The first-order chi connectivity index (χ1) is 4.05. The Kier molecular flexibility index (Phi) is 1.35. The molecule has 0 saturated heterocycles. The summed E-state index contributed by atoms with van der Waals surface area (Å²) in [5.41, 5.74) is 5.19. The van der Waals surface area contributed by atoms with Crippen LogP contribution in [0.2, 0.25) is 0 Å². The fourth-order valence-corrected chi connectivity index (χ4v) is 1.19. The second kappa shape index (κ2) is 1.81. The van der Waals surface area contributed by atoms with E-state index < -0.39 is 5.54 Å². The molecule has 2 N–H and O–H groups in total. The number of hydrogen-bond donors (Lipinski definition) is 1. The first-order valence-electron chi connectivity index (χ1n) is 3.37. The van der Waals surface area contributed by atoms with E-state index in [0.717, 1.165) is 6.42 Å². The molecule has 1 fully saturated rings. The lowest BCUT2D eigenvalue weighted by Gasteiger charge is -2.20. The van der Waals surface area contributed by atoms with E-state index in [9.17, 15) is 4.79 Å². The van der Waals surface area contributed by atoms with Crippen LogP contribution >= 0.6 is 0 Å². The van der Waals surface area contributed by atoms with Gasteiger partial charge in [0.25, 0.3) is 0 Å². The molecule has 2 atom stereocenters. The van der Waals surface area contributed by atoms with Gasteiger partial charge in [-0.1, -0.05) is 6.92 Å². The third kappa shape index (κ3) is 0.874. The summed E-state index contributed by atoms with van der Waals surface area (Å²) in [6.45, 7) is 3.86. The molecule has 0 aromatic rings. The molecule has 2 heteroatoms. The van der Waals surface area contributed by atoms with Crippen molar-refractivity contribution >= 4 is 5.78 Å². The lowest BCUT2D eigenvalue weighted by Crippen LogP contribution is -2.45. The maximum absolute atomic E-state index is 11.0.